The number of benzene rings is 1. The number of hydrogen-bond donors (Lipinski definition) is 0. The first-order valence-corrected chi connectivity index (χ1v) is 11.1. The first kappa shape index (κ1) is 25.4. The molecule has 0 radical (unpaired) electrons. The van der Waals surface area contributed by atoms with Crippen molar-refractivity contribution < 1.29 is 38.1 Å². The lowest BCUT2D eigenvalue weighted by Gasteiger charge is -2.36. The van der Waals surface area contributed by atoms with Crippen molar-refractivity contribution in [1.82, 2.24) is 4.90 Å². The smallest absolute Gasteiger partial charge is 0.410 e. The van der Waals surface area contributed by atoms with Gasteiger partial charge < -0.3 is 33.5 Å². The van der Waals surface area contributed by atoms with Gasteiger partial charge in [0.1, 0.15) is 29.9 Å². The normalized spacial score (nSPS) is 18.9. The van der Waals surface area contributed by atoms with Gasteiger partial charge in [0, 0.05) is 6.54 Å². The first-order chi connectivity index (χ1) is 16.1. The molecule has 0 aliphatic carbocycles. The van der Waals surface area contributed by atoms with Crippen molar-refractivity contribution >= 4 is 23.7 Å². The summed E-state index contributed by atoms with van der Waals surface area (Å²) < 4.78 is 27.1. The maximum Gasteiger partial charge on any atom is 0.410 e. The Balaban J connectivity index is 1.86. The van der Waals surface area contributed by atoms with E-state index < -0.39 is 17.5 Å². The minimum atomic E-state index is -0.688. The second-order valence-electron chi connectivity index (χ2n) is 8.99. The molecule has 2 aliphatic heterocycles. The molecule has 2 aliphatic rings. The summed E-state index contributed by atoms with van der Waals surface area (Å²) in [6.07, 6.45) is 0.853. The average Bonchev–Trinajstić information content (AvgIpc) is 2.82. The zero-order valence-corrected chi connectivity index (χ0v) is 20.3. The molecule has 0 bridgehead atoms. The molecule has 0 aromatic heterocycles. The van der Waals surface area contributed by atoms with Gasteiger partial charge in [-0.15, -0.1) is 0 Å². The second-order valence-corrected chi connectivity index (χ2v) is 8.99. The van der Waals surface area contributed by atoms with Crippen LogP contribution in [0.1, 0.15) is 33.6 Å². The summed E-state index contributed by atoms with van der Waals surface area (Å²) in [6.45, 7) is 6.38. The number of esters is 2. The Labute approximate surface area is 199 Å². The molecule has 1 amide bonds. The van der Waals surface area contributed by atoms with Gasteiger partial charge in [0.2, 0.25) is 0 Å². The van der Waals surface area contributed by atoms with Crippen LogP contribution in [-0.4, -0.2) is 75.3 Å². The predicted molar refractivity (Wildman–Crippen MR) is 122 cm³/mol. The summed E-state index contributed by atoms with van der Waals surface area (Å²) in [4.78, 5) is 40.6. The van der Waals surface area contributed by atoms with Gasteiger partial charge in [0.15, 0.2) is 0 Å². The zero-order chi connectivity index (χ0) is 24.9. The molecule has 0 N–H and O–H groups in total. The van der Waals surface area contributed by atoms with Crippen LogP contribution in [0.2, 0.25) is 0 Å². The van der Waals surface area contributed by atoms with E-state index in [9.17, 15) is 14.4 Å². The highest BCUT2D eigenvalue weighted by Crippen LogP contribution is 2.35. The molecule has 3 rings (SSSR count). The molecule has 0 saturated carbocycles. The number of amides is 1. The molecule has 1 aromatic carbocycles. The lowest BCUT2D eigenvalue weighted by atomic mass is 10.1. The maximum atomic E-state index is 12.6. The van der Waals surface area contributed by atoms with Crippen LogP contribution < -0.4 is 9.64 Å². The minimum absolute atomic E-state index is 0.0139. The van der Waals surface area contributed by atoms with E-state index in [-0.39, 0.29) is 36.8 Å². The third kappa shape index (κ3) is 5.99. The molecule has 10 nitrogen and oxygen atoms in total. The van der Waals surface area contributed by atoms with Gasteiger partial charge in [0.05, 0.1) is 38.6 Å². The van der Waals surface area contributed by atoms with Crippen molar-refractivity contribution in [3.63, 3.8) is 0 Å². The number of likely N-dealkylation sites (tertiary alicyclic amines) is 1. The molecule has 1 saturated heterocycles. The molecule has 186 valence electrons. The quantitative estimate of drug-likeness (QED) is 0.469. The van der Waals surface area contributed by atoms with Gasteiger partial charge in [-0.3, -0.25) is 0 Å². The van der Waals surface area contributed by atoms with E-state index in [1.54, 1.807) is 29.2 Å². The molecule has 1 unspecified atom stereocenters. The van der Waals surface area contributed by atoms with Crippen molar-refractivity contribution in [3.05, 3.63) is 35.5 Å². The van der Waals surface area contributed by atoms with Crippen molar-refractivity contribution in [2.45, 2.75) is 45.3 Å². The average molecular weight is 477 g/mol. The minimum Gasteiger partial charge on any atom is -0.486 e. The van der Waals surface area contributed by atoms with E-state index in [2.05, 4.69) is 0 Å². The Morgan fingerprint density at radius 1 is 1.06 bits per heavy atom. The number of carbonyl (C=O) groups is 3. The summed E-state index contributed by atoms with van der Waals surface area (Å²) in [5, 5.41) is 0. The fourth-order valence-corrected chi connectivity index (χ4v) is 3.82. The molecule has 0 spiro atoms. The van der Waals surface area contributed by atoms with Gasteiger partial charge in [0.25, 0.3) is 0 Å². The fraction of sp³-hybridized carbons (Fsp3) is 0.542. The van der Waals surface area contributed by atoms with E-state index in [1.165, 1.54) is 19.1 Å². The number of methoxy groups -OCH3 is 2. The molecule has 34 heavy (non-hydrogen) atoms. The summed E-state index contributed by atoms with van der Waals surface area (Å²) in [7, 11) is 2.48. The molecule has 1 atom stereocenters. The zero-order valence-electron chi connectivity index (χ0n) is 20.3. The van der Waals surface area contributed by atoms with Crippen LogP contribution in [0.15, 0.2) is 35.5 Å². The summed E-state index contributed by atoms with van der Waals surface area (Å²) in [6, 6.07) is 7.12. The van der Waals surface area contributed by atoms with Crippen LogP contribution in [0.3, 0.4) is 0 Å². The van der Waals surface area contributed by atoms with E-state index in [0.29, 0.717) is 24.5 Å². The Morgan fingerprint density at radius 2 is 1.76 bits per heavy atom. The third-order valence-electron chi connectivity index (χ3n) is 5.31. The number of ether oxygens (including phenoxy) is 5. The Morgan fingerprint density at radius 3 is 2.44 bits per heavy atom. The van der Waals surface area contributed by atoms with E-state index in [0.717, 1.165) is 12.8 Å². The van der Waals surface area contributed by atoms with E-state index >= 15 is 0 Å². The molecular weight excluding hydrogens is 444 g/mol. The number of carbonyl (C=O) groups excluding carboxylic acids is 3. The topological polar surface area (TPSA) is 104 Å². The lowest BCUT2D eigenvalue weighted by molar-refractivity contribution is -0.140. The number of nitrogens with zero attached hydrogens (tertiary/aromatic N) is 2. The monoisotopic (exact) mass is 476 g/mol. The largest absolute Gasteiger partial charge is 0.486 e. The number of rotatable bonds is 5. The van der Waals surface area contributed by atoms with E-state index in [1.807, 2.05) is 20.8 Å². The summed E-state index contributed by atoms with van der Waals surface area (Å²) >= 11 is 0. The van der Waals surface area contributed by atoms with Crippen LogP contribution in [-0.2, 0) is 28.5 Å². The Hall–Kier alpha value is -3.27. The van der Waals surface area contributed by atoms with Crippen molar-refractivity contribution in [1.29, 1.82) is 0 Å². The predicted octanol–water partition coefficient (Wildman–Crippen LogP) is 2.86. The van der Waals surface area contributed by atoms with Gasteiger partial charge >= 0.3 is 18.0 Å². The fourth-order valence-electron chi connectivity index (χ4n) is 3.82. The number of hydrogen-bond acceptors (Lipinski definition) is 9. The molecule has 10 heteroatoms. The third-order valence-corrected chi connectivity index (χ3v) is 5.31. The number of piperidine rings is 1. The SMILES string of the molecule is COC(=O)C1=C(C(=O)OC)N(c2ccccc2OC2CCCN(C(=O)OC(C)(C)C)C2)COC1. The number of anilines is 1. The van der Waals surface area contributed by atoms with Crippen LogP contribution in [0.4, 0.5) is 10.5 Å². The van der Waals surface area contributed by atoms with Gasteiger partial charge in [-0.05, 0) is 45.7 Å². The highest BCUT2D eigenvalue weighted by molar-refractivity contribution is 6.03. The van der Waals surface area contributed by atoms with Crippen LogP contribution in [0.25, 0.3) is 0 Å². The highest BCUT2D eigenvalue weighted by Gasteiger charge is 2.34. The van der Waals surface area contributed by atoms with Crippen LogP contribution >= 0.6 is 0 Å². The highest BCUT2D eigenvalue weighted by atomic mass is 16.6. The first-order valence-electron chi connectivity index (χ1n) is 11.1. The van der Waals surface area contributed by atoms with Crippen molar-refractivity contribution in [2.24, 2.45) is 0 Å². The number of para-hydroxylation sites is 2. The Bertz CT molecular complexity index is 953. The lowest BCUT2D eigenvalue weighted by Crippen LogP contribution is -2.46. The van der Waals surface area contributed by atoms with Gasteiger partial charge in [-0.1, -0.05) is 12.1 Å². The van der Waals surface area contributed by atoms with Gasteiger partial charge in [-0.25, -0.2) is 14.4 Å². The van der Waals surface area contributed by atoms with E-state index in [4.69, 9.17) is 23.7 Å². The van der Waals surface area contributed by atoms with Crippen molar-refractivity contribution in [2.75, 3.05) is 45.5 Å². The van der Waals surface area contributed by atoms with Gasteiger partial charge in [-0.2, -0.15) is 0 Å². The molecule has 1 fully saturated rings. The van der Waals surface area contributed by atoms with Crippen LogP contribution in [0.5, 0.6) is 5.75 Å². The summed E-state index contributed by atoms with van der Waals surface area (Å²) in [5.41, 5.74) is 0.0398. The molecule has 2 heterocycles. The van der Waals surface area contributed by atoms with Crippen molar-refractivity contribution in [3.8, 4) is 5.75 Å². The van der Waals surface area contributed by atoms with Crippen LogP contribution in [0, 0.1) is 0 Å². The molecule has 1 aromatic rings. The second kappa shape index (κ2) is 10.8. The molecular formula is C24H32N2O8. The summed E-state index contributed by atoms with van der Waals surface area (Å²) in [5.74, 6) is -0.884. The standard InChI is InChI=1S/C24H32N2O8/c1-24(2,3)34-23(29)25-12-8-9-16(13-25)33-19-11-7-6-10-18(19)26-15-32-14-17(21(27)30-4)20(26)22(28)31-5/h6-7,10-11,16H,8-9,12-15H2,1-5H3. The Kier molecular flexibility index (Phi) is 8.03. The maximum absolute atomic E-state index is 12.6.